The van der Waals surface area contributed by atoms with Crippen LogP contribution < -0.4 is 5.32 Å². The SMILES string of the molecule is C[C@H](OC(=O)c1ccccn1)C(=O)Nc1ccc(Cl)cn1. The second-order valence-corrected chi connectivity index (χ2v) is 4.55. The fourth-order valence-electron chi connectivity index (χ4n) is 1.44. The molecule has 0 aliphatic heterocycles. The number of aromatic nitrogens is 2. The average Bonchev–Trinajstić information content (AvgIpc) is 2.50. The van der Waals surface area contributed by atoms with Gasteiger partial charge in [-0.1, -0.05) is 17.7 Å². The highest BCUT2D eigenvalue weighted by atomic mass is 35.5. The van der Waals surface area contributed by atoms with Crippen LogP contribution in [0.15, 0.2) is 42.7 Å². The molecule has 21 heavy (non-hydrogen) atoms. The third-order valence-corrected chi connectivity index (χ3v) is 2.73. The molecule has 0 fully saturated rings. The summed E-state index contributed by atoms with van der Waals surface area (Å²) in [5.41, 5.74) is 0.141. The van der Waals surface area contributed by atoms with Gasteiger partial charge in [-0.25, -0.2) is 14.8 Å². The molecule has 1 atom stereocenters. The number of rotatable bonds is 4. The van der Waals surface area contributed by atoms with Crippen LogP contribution in [-0.2, 0) is 9.53 Å². The van der Waals surface area contributed by atoms with Crippen LogP contribution in [0.2, 0.25) is 5.02 Å². The lowest BCUT2D eigenvalue weighted by Crippen LogP contribution is -2.30. The second-order valence-electron chi connectivity index (χ2n) is 4.11. The number of carbonyl (C=O) groups excluding carboxylic acids is 2. The molecule has 7 heteroatoms. The van der Waals surface area contributed by atoms with Gasteiger partial charge in [-0.3, -0.25) is 4.79 Å². The van der Waals surface area contributed by atoms with Crippen molar-refractivity contribution in [1.82, 2.24) is 9.97 Å². The Balaban J connectivity index is 1.93. The number of amides is 1. The molecular weight excluding hydrogens is 294 g/mol. The predicted molar refractivity (Wildman–Crippen MR) is 77.0 cm³/mol. The van der Waals surface area contributed by atoms with Crippen molar-refractivity contribution in [3.8, 4) is 0 Å². The second kappa shape index (κ2) is 6.81. The molecule has 0 unspecified atom stereocenters. The standard InChI is InChI=1S/C14H12ClN3O3/c1-9(21-14(20)11-4-2-3-7-16-11)13(19)18-12-6-5-10(15)8-17-12/h2-9H,1H3,(H,17,18,19)/t9-/m0/s1. The third-order valence-electron chi connectivity index (χ3n) is 2.51. The zero-order chi connectivity index (χ0) is 15.2. The first-order valence-electron chi connectivity index (χ1n) is 6.10. The number of nitrogens with zero attached hydrogens (tertiary/aromatic N) is 2. The van der Waals surface area contributed by atoms with Gasteiger partial charge >= 0.3 is 5.97 Å². The average molecular weight is 306 g/mol. The summed E-state index contributed by atoms with van der Waals surface area (Å²) in [5.74, 6) is -0.832. The Hall–Kier alpha value is -2.47. The largest absolute Gasteiger partial charge is 0.448 e. The Bertz CT molecular complexity index is 632. The van der Waals surface area contributed by atoms with E-state index in [1.807, 2.05) is 0 Å². The maximum absolute atomic E-state index is 11.9. The Morgan fingerprint density at radius 3 is 2.67 bits per heavy atom. The minimum Gasteiger partial charge on any atom is -0.448 e. The smallest absolute Gasteiger partial charge is 0.357 e. The quantitative estimate of drug-likeness (QED) is 0.877. The molecule has 0 aromatic carbocycles. The van der Waals surface area contributed by atoms with Crippen molar-refractivity contribution < 1.29 is 14.3 Å². The first-order valence-corrected chi connectivity index (χ1v) is 6.48. The van der Waals surface area contributed by atoms with Crippen LogP contribution in [0.5, 0.6) is 0 Å². The molecule has 1 amide bonds. The first-order chi connectivity index (χ1) is 10.1. The molecule has 1 N–H and O–H groups in total. The van der Waals surface area contributed by atoms with Crippen LogP contribution in [0.1, 0.15) is 17.4 Å². The van der Waals surface area contributed by atoms with Crippen LogP contribution in [0, 0.1) is 0 Å². The third kappa shape index (κ3) is 4.25. The Labute approximate surface area is 126 Å². The van der Waals surface area contributed by atoms with Gasteiger partial charge < -0.3 is 10.1 Å². The fraction of sp³-hybridized carbons (Fsp3) is 0.143. The van der Waals surface area contributed by atoms with E-state index in [1.165, 1.54) is 25.4 Å². The van der Waals surface area contributed by atoms with E-state index in [0.717, 1.165) is 0 Å². The number of pyridine rings is 2. The van der Waals surface area contributed by atoms with Gasteiger partial charge in [-0.15, -0.1) is 0 Å². The van der Waals surface area contributed by atoms with Crippen molar-refractivity contribution in [3.05, 3.63) is 53.4 Å². The van der Waals surface area contributed by atoms with Gasteiger partial charge in [0.25, 0.3) is 5.91 Å². The maximum Gasteiger partial charge on any atom is 0.357 e. The van der Waals surface area contributed by atoms with E-state index >= 15 is 0 Å². The topological polar surface area (TPSA) is 81.2 Å². The van der Waals surface area contributed by atoms with Crippen LogP contribution in [-0.4, -0.2) is 27.9 Å². The highest BCUT2D eigenvalue weighted by Gasteiger charge is 2.19. The van der Waals surface area contributed by atoms with Gasteiger partial charge in [-0.2, -0.15) is 0 Å². The zero-order valence-corrected chi connectivity index (χ0v) is 11.9. The summed E-state index contributed by atoms with van der Waals surface area (Å²) in [6, 6.07) is 7.99. The lowest BCUT2D eigenvalue weighted by Gasteiger charge is -2.12. The van der Waals surface area contributed by atoms with Gasteiger partial charge in [0.1, 0.15) is 11.5 Å². The first kappa shape index (κ1) is 14.9. The predicted octanol–water partition coefficient (Wildman–Crippen LogP) is 2.31. The van der Waals surface area contributed by atoms with Crippen molar-refractivity contribution in [2.75, 3.05) is 5.32 Å². The molecule has 0 saturated carbocycles. The number of carbonyl (C=O) groups is 2. The monoisotopic (exact) mass is 305 g/mol. The molecule has 0 aliphatic rings. The summed E-state index contributed by atoms with van der Waals surface area (Å²) in [6.07, 6.45) is 1.90. The highest BCUT2D eigenvalue weighted by molar-refractivity contribution is 6.30. The lowest BCUT2D eigenvalue weighted by molar-refractivity contribution is -0.123. The van der Waals surface area contributed by atoms with Crippen LogP contribution in [0.3, 0.4) is 0 Å². The van der Waals surface area contributed by atoms with E-state index in [4.69, 9.17) is 16.3 Å². The number of halogens is 1. The van der Waals surface area contributed by atoms with E-state index in [9.17, 15) is 9.59 Å². The molecule has 2 aromatic rings. The molecule has 2 rings (SSSR count). The van der Waals surface area contributed by atoms with E-state index < -0.39 is 18.0 Å². The van der Waals surface area contributed by atoms with E-state index in [0.29, 0.717) is 10.8 Å². The van der Waals surface area contributed by atoms with E-state index in [2.05, 4.69) is 15.3 Å². The van der Waals surface area contributed by atoms with Crippen molar-refractivity contribution in [2.45, 2.75) is 13.0 Å². The minimum absolute atomic E-state index is 0.141. The fourth-order valence-corrected chi connectivity index (χ4v) is 1.55. The molecule has 0 bridgehead atoms. The number of hydrogen-bond acceptors (Lipinski definition) is 5. The Morgan fingerprint density at radius 1 is 1.24 bits per heavy atom. The van der Waals surface area contributed by atoms with E-state index in [-0.39, 0.29) is 5.69 Å². The number of anilines is 1. The van der Waals surface area contributed by atoms with Gasteiger partial charge in [0.05, 0.1) is 5.02 Å². The molecule has 0 radical (unpaired) electrons. The molecule has 108 valence electrons. The van der Waals surface area contributed by atoms with Crippen molar-refractivity contribution in [3.63, 3.8) is 0 Å². The van der Waals surface area contributed by atoms with Crippen molar-refractivity contribution in [2.24, 2.45) is 0 Å². The molecule has 2 heterocycles. The maximum atomic E-state index is 11.9. The summed E-state index contributed by atoms with van der Waals surface area (Å²) < 4.78 is 5.03. The molecule has 2 aromatic heterocycles. The molecule has 0 aliphatic carbocycles. The summed E-state index contributed by atoms with van der Waals surface area (Å²) in [4.78, 5) is 31.4. The summed E-state index contributed by atoms with van der Waals surface area (Å²) in [7, 11) is 0. The number of ether oxygens (including phenoxy) is 1. The number of esters is 1. The zero-order valence-electron chi connectivity index (χ0n) is 11.1. The van der Waals surface area contributed by atoms with Crippen LogP contribution in [0.25, 0.3) is 0 Å². The van der Waals surface area contributed by atoms with Gasteiger partial charge in [0, 0.05) is 12.4 Å². The van der Waals surface area contributed by atoms with Crippen molar-refractivity contribution in [1.29, 1.82) is 0 Å². The molecule has 6 nitrogen and oxygen atoms in total. The number of nitrogens with one attached hydrogen (secondary N) is 1. The highest BCUT2D eigenvalue weighted by Crippen LogP contribution is 2.10. The molecular formula is C14H12ClN3O3. The van der Waals surface area contributed by atoms with Crippen LogP contribution >= 0.6 is 11.6 Å². The van der Waals surface area contributed by atoms with E-state index in [1.54, 1.807) is 24.3 Å². The summed E-state index contributed by atoms with van der Waals surface area (Å²) in [5, 5.41) is 2.98. The normalized spacial score (nSPS) is 11.5. The van der Waals surface area contributed by atoms with Gasteiger partial charge in [0.15, 0.2) is 6.10 Å². The Morgan fingerprint density at radius 2 is 2.05 bits per heavy atom. The lowest BCUT2D eigenvalue weighted by atomic mass is 10.3. The van der Waals surface area contributed by atoms with Crippen LogP contribution in [0.4, 0.5) is 5.82 Å². The number of hydrogen-bond donors (Lipinski definition) is 1. The molecule has 0 spiro atoms. The molecule has 0 saturated heterocycles. The van der Waals surface area contributed by atoms with Gasteiger partial charge in [-0.05, 0) is 31.2 Å². The summed E-state index contributed by atoms with van der Waals surface area (Å²) >= 11 is 5.70. The Kier molecular flexibility index (Phi) is 4.84. The van der Waals surface area contributed by atoms with Crippen molar-refractivity contribution >= 4 is 29.3 Å². The minimum atomic E-state index is -0.975. The summed E-state index contributed by atoms with van der Waals surface area (Å²) in [6.45, 7) is 1.46. The van der Waals surface area contributed by atoms with Gasteiger partial charge in [0.2, 0.25) is 0 Å².